The molecule has 2 aromatic carbocycles. The standard InChI is InChI=1S/C16H14N2O3/c1-2-21-15-9-7-14(8-10-15)18(16(19)20)13-5-3-12(11-17)4-6-13/h3-10H,2H2,1H3,(H,19,20). The van der Waals surface area contributed by atoms with Crippen LogP contribution in [0.25, 0.3) is 0 Å². The molecule has 0 aliphatic carbocycles. The molecule has 1 amide bonds. The minimum absolute atomic E-state index is 0.477. The van der Waals surface area contributed by atoms with Crippen LogP contribution in [0.1, 0.15) is 12.5 Å². The fourth-order valence-electron chi connectivity index (χ4n) is 1.91. The molecule has 0 saturated carbocycles. The van der Waals surface area contributed by atoms with Crippen LogP contribution in [0.3, 0.4) is 0 Å². The maximum atomic E-state index is 11.5. The van der Waals surface area contributed by atoms with Crippen molar-refractivity contribution >= 4 is 17.5 Å². The Morgan fingerprint density at radius 3 is 2.10 bits per heavy atom. The van der Waals surface area contributed by atoms with Crippen molar-refractivity contribution in [2.75, 3.05) is 11.5 Å². The van der Waals surface area contributed by atoms with Crippen molar-refractivity contribution in [3.8, 4) is 11.8 Å². The summed E-state index contributed by atoms with van der Waals surface area (Å²) in [6.45, 7) is 2.44. The van der Waals surface area contributed by atoms with Gasteiger partial charge in [-0.15, -0.1) is 0 Å². The molecule has 0 spiro atoms. The molecule has 2 aromatic rings. The molecule has 0 bridgehead atoms. The third-order valence-electron chi connectivity index (χ3n) is 2.85. The number of amides is 1. The van der Waals surface area contributed by atoms with E-state index in [1.807, 2.05) is 13.0 Å². The Hall–Kier alpha value is -3.00. The van der Waals surface area contributed by atoms with E-state index >= 15 is 0 Å². The average Bonchev–Trinajstić information content (AvgIpc) is 2.50. The largest absolute Gasteiger partial charge is 0.494 e. The van der Waals surface area contributed by atoms with Crippen LogP contribution in [-0.2, 0) is 0 Å². The van der Waals surface area contributed by atoms with Crippen LogP contribution in [0.4, 0.5) is 16.2 Å². The van der Waals surface area contributed by atoms with Gasteiger partial charge in [-0.05, 0) is 55.5 Å². The summed E-state index contributed by atoms with van der Waals surface area (Å²) in [5.41, 5.74) is 1.47. The van der Waals surface area contributed by atoms with Gasteiger partial charge >= 0.3 is 6.09 Å². The molecule has 0 radical (unpaired) electrons. The van der Waals surface area contributed by atoms with E-state index in [2.05, 4.69) is 0 Å². The number of hydrogen-bond donors (Lipinski definition) is 1. The van der Waals surface area contributed by atoms with Crippen molar-refractivity contribution in [3.05, 3.63) is 54.1 Å². The smallest absolute Gasteiger partial charge is 0.416 e. The van der Waals surface area contributed by atoms with Gasteiger partial charge in [0.05, 0.1) is 29.6 Å². The van der Waals surface area contributed by atoms with E-state index in [0.717, 1.165) is 4.90 Å². The topological polar surface area (TPSA) is 73.6 Å². The molecular formula is C16H14N2O3. The van der Waals surface area contributed by atoms with Gasteiger partial charge in [-0.1, -0.05) is 0 Å². The van der Waals surface area contributed by atoms with Crippen molar-refractivity contribution in [2.24, 2.45) is 0 Å². The highest BCUT2D eigenvalue weighted by atomic mass is 16.5. The second-order valence-electron chi connectivity index (χ2n) is 4.20. The van der Waals surface area contributed by atoms with Gasteiger partial charge in [0.15, 0.2) is 0 Å². The molecule has 0 fully saturated rings. The highest BCUT2D eigenvalue weighted by molar-refractivity contribution is 5.94. The highest BCUT2D eigenvalue weighted by Crippen LogP contribution is 2.27. The molecule has 0 saturated heterocycles. The molecule has 0 unspecified atom stereocenters. The molecule has 5 nitrogen and oxygen atoms in total. The Labute approximate surface area is 122 Å². The zero-order valence-electron chi connectivity index (χ0n) is 11.5. The summed E-state index contributed by atoms with van der Waals surface area (Å²) in [5.74, 6) is 0.686. The normalized spacial score (nSPS) is 9.71. The summed E-state index contributed by atoms with van der Waals surface area (Å²) in [6, 6.07) is 15.2. The van der Waals surface area contributed by atoms with Crippen LogP contribution >= 0.6 is 0 Å². The molecule has 0 atom stereocenters. The highest BCUT2D eigenvalue weighted by Gasteiger charge is 2.16. The van der Waals surface area contributed by atoms with Gasteiger partial charge in [-0.2, -0.15) is 5.26 Å². The van der Waals surface area contributed by atoms with Crippen molar-refractivity contribution in [2.45, 2.75) is 6.92 Å². The van der Waals surface area contributed by atoms with Crippen molar-refractivity contribution < 1.29 is 14.6 Å². The van der Waals surface area contributed by atoms with Gasteiger partial charge in [0, 0.05) is 0 Å². The Kier molecular flexibility index (Phi) is 4.42. The average molecular weight is 282 g/mol. The van der Waals surface area contributed by atoms with E-state index in [0.29, 0.717) is 29.3 Å². The van der Waals surface area contributed by atoms with Gasteiger partial charge in [0.2, 0.25) is 0 Å². The van der Waals surface area contributed by atoms with Crippen LogP contribution in [0.15, 0.2) is 48.5 Å². The molecule has 21 heavy (non-hydrogen) atoms. The zero-order chi connectivity index (χ0) is 15.2. The minimum Gasteiger partial charge on any atom is -0.494 e. The SMILES string of the molecule is CCOc1ccc(N(C(=O)O)c2ccc(C#N)cc2)cc1. The Morgan fingerprint density at radius 2 is 1.67 bits per heavy atom. The number of ether oxygens (including phenoxy) is 1. The molecular weight excluding hydrogens is 268 g/mol. The van der Waals surface area contributed by atoms with E-state index in [4.69, 9.17) is 10.00 Å². The van der Waals surface area contributed by atoms with Crippen LogP contribution in [0.5, 0.6) is 5.75 Å². The number of hydrogen-bond acceptors (Lipinski definition) is 3. The third-order valence-corrected chi connectivity index (χ3v) is 2.85. The monoisotopic (exact) mass is 282 g/mol. The van der Waals surface area contributed by atoms with Gasteiger partial charge in [-0.25, -0.2) is 9.69 Å². The number of nitrogens with zero attached hydrogens (tertiary/aromatic N) is 2. The Morgan fingerprint density at radius 1 is 1.14 bits per heavy atom. The summed E-state index contributed by atoms with van der Waals surface area (Å²) in [6.07, 6.45) is -1.09. The van der Waals surface area contributed by atoms with E-state index in [1.165, 1.54) is 0 Å². The maximum Gasteiger partial charge on any atom is 0.416 e. The third kappa shape index (κ3) is 3.31. The van der Waals surface area contributed by atoms with E-state index < -0.39 is 6.09 Å². The molecule has 0 aromatic heterocycles. The lowest BCUT2D eigenvalue weighted by atomic mass is 10.2. The number of rotatable bonds is 4. The molecule has 0 aliphatic heterocycles. The summed E-state index contributed by atoms with van der Waals surface area (Å²) in [5, 5.41) is 18.2. The van der Waals surface area contributed by atoms with Crippen LogP contribution in [-0.4, -0.2) is 17.8 Å². The number of carboxylic acid groups (broad SMARTS) is 1. The summed E-state index contributed by atoms with van der Waals surface area (Å²) >= 11 is 0. The lowest BCUT2D eigenvalue weighted by Crippen LogP contribution is -2.23. The molecule has 106 valence electrons. The first kappa shape index (κ1) is 14.4. The fraction of sp³-hybridized carbons (Fsp3) is 0.125. The number of carbonyl (C=O) groups is 1. The summed E-state index contributed by atoms with van der Waals surface area (Å²) in [4.78, 5) is 12.6. The van der Waals surface area contributed by atoms with Crippen molar-refractivity contribution in [1.82, 2.24) is 0 Å². The quantitative estimate of drug-likeness (QED) is 0.926. The molecule has 1 N–H and O–H groups in total. The van der Waals surface area contributed by atoms with Gasteiger partial charge in [0.1, 0.15) is 5.75 Å². The molecule has 2 rings (SSSR count). The second-order valence-corrected chi connectivity index (χ2v) is 4.20. The predicted octanol–water partition coefficient (Wildman–Crippen LogP) is 3.77. The first-order valence-electron chi connectivity index (χ1n) is 6.41. The summed E-state index contributed by atoms with van der Waals surface area (Å²) in [7, 11) is 0. The minimum atomic E-state index is -1.09. The van der Waals surface area contributed by atoms with Gasteiger partial charge < -0.3 is 9.84 Å². The summed E-state index contributed by atoms with van der Waals surface area (Å²) < 4.78 is 5.34. The fourth-order valence-corrected chi connectivity index (χ4v) is 1.91. The van der Waals surface area contributed by atoms with Gasteiger partial charge in [0.25, 0.3) is 0 Å². The van der Waals surface area contributed by atoms with Crippen LogP contribution < -0.4 is 9.64 Å². The Balaban J connectivity index is 2.34. The van der Waals surface area contributed by atoms with Crippen LogP contribution in [0.2, 0.25) is 0 Å². The van der Waals surface area contributed by atoms with Crippen molar-refractivity contribution in [3.63, 3.8) is 0 Å². The van der Waals surface area contributed by atoms with Crippen LogP contribution in [0, 0.1) is 11.3 Å². The van der Waals surface area contributed by atoms with E-state index in [-0.39, 0.29) is 0 Å². The molecule has 0 aliphatic rings. The lowest BCUT2D eigenvalue weighted by molar-refractivity contribution is 0.205. The Bertz CT molecular complexity index is 657. The second kappa shape index (κ2) is 6.44. The lowest BCUT2D eigenvalue weighted by Gasteiger charge is -2.19. The van der Waals surface area contributed by atoms with E-state index in [9.17, 15) is 9.90 Å². The zero-order valence-corrected chi connectivity index (χ0v) is 11.5. The first-order chi connectivity index (χ1) is 10.2. The van der Waals surface area contributed by atoms with Crippen molar-refractivity contribution in [1.29, 1.82) is 5.26 Å². The number of benzene rings is 2. The molecule has 5 heteroatoms. The molecule has 0 heterocycles. The maximum absolute atomic E-state index is 11.5. The van der Waals surface area contributed by atoms with Gasteiger partial charge in [-0.3, -0.25) is 0 Å². The van der Waals surface area contributed by atoms with E-state index in [1.54, 1.807) is 48.5 Å². The number of anilines is 2. The number of nitriles is 1. The first-order valence-corrected chi connectivity index (χ1v) is 6.41. The predicted molar refractivity (Wildman–Crippen MR) is 78.9 cm³/mol.